The molecule has 2 N–H and O–H groups in total. The number of furan rings is 1. The van der Waals surface area contributed by atoms with E-state index in [0.29, 0.717) is 10.9 Å². The van der Waals surface area contributed by atoms with Crippen molar-refractivity contribution < 1.29 is 13.9 Å². The van der Waals surface area contributed by atoms with Crippen LogP contribution in [0.2, 0.25) is 0 Å². The summed E-state index contributed by atoms with van der Waals surface area (Å²) in [5.41, 5.74) is 6.43. The third kappa shape index (κ3) is 3.77. The Balaban J connectivity index is 1.48. The Hall–Kier alpha value is -2.57. The monoisotopic (exact) mass is 382 g/mol. The first-order valence-electron chi connectivity index (χ1n) is 9.01. The fourth-order valence-corrected chi connectivity index (χ4v) is 4.61. The van der Waals surface area contributed by atoms with E-state index in [0.717, 1.165) is 48.8 Å². The van der Waals surface area contributed by atoms with Crippen molar-refractivity contribution in [2.75, 3.05) is 13.7 Å². The van der Waals surface area contributed by atoms with Crippen LogP contribution in [0.4, 0.5) is 0 Å². The second-order valence-corrected chi connectivity index (χ2v) is 7.80. The van der Waals surface area contributed by atoms with Crippen LogP contribution >= 0.6 is 11.3 Å². The number of carbonyl (C=O) groups excluding carboxylic acids is 1. The number of hydrogen-bond donors (Lipinski definition) is 1. The maximum Gasteiger partial charge on any atom is 0.258 e. The van der Waals surface area contributed by atoms with Gasteiger partial charge in [0.2, 0.25) is 0 Å². The zero-order valence-corrected chi connectivity index (χ0v) is 16.0. The van der Waals surface area contributed by atoms with Crippen LogP contribution in [0.1, 0.15) is 39.2 Å². The van der Waals surface area contributed by atoms with E-state index in [1.165, 1.54) is 16.2 Å². The Morgan fingerprint density at radius 2 is 2.04 bits per heavy atom. The number of carbonyl (C=O) groups is 1. The number of rotatable bonds is 6. The molecule has 0 radical (unpaired) electrons. The molecule has 1 amide bonds. The average molecular weight is 382 g/mol. The van der Waals surface area contributed by atoms with Gasteiger partial charge in [-0.15, -0.1) is 11.3 Å². The SMILES string of the molecule is COc1ccc(-c2ccc(CN3CCC[C@H]3c3ccc(C(N)=O)s3)o2)cc1. The van der Waals surface area contributed by atoms with E-state index in [1.54, 1.807) is 7.11 Å². The van der Waals surface area contributed by atoms with Crippen molar-refractivity contribution in [2.45, 2.75) is 25.4 Å². The molecule has 0 saturated carbocycles. The smallest absolute Gasteiger partial charge is 0.258 e. The highest BCUT2D eigenvalue weighted by molar-refractivity contribution is 7.14. The van der Waals surface area contributed by atoms with Crippen molar-refractivity contribution >= 4 is 17.2 Å². The van der Waals surface area contributed by atoms with Gasteiger partial charge in [0.15, 0.2) is 0 Å². The number of nitrogens with zero attached hydrogens (tertiary/aromatic N) is 1. The summed E-state index contributed by atoms with van der Waals surface area (Å²) >= 11 is 1.50. The summed E-state index contributed by atoms with van der Waals surface area (Å²) < 4.78 is 11.3. The molecule has 27 heavy (non-hydrogen) atoms. The van der Waals surface area contributed by atoms with Gasteiger partial charge < -0.3 is 14.9 Å². The fraction of sp³-hybridized carbons (Fsp3) is 0.286. The molecule has 0 bridgehead atoms. The summed E-state index contributed by atoms with van der Waals surface area (Å²) in [5.74, 6) is 2.28. The van der Waals surface area contributed by atoms with Gasteiger partial charge in [-0.1, -0.05) is 0 Å². The molecule has 1 aliphatic heterocycles. The van der Waals surface area contributed by atoms with Crippen LogP contribution in [0.5, 0.6) is 5.75 Å². The van der Waals surface area contributed by atoms with Crippen LogP contribution < -0.4 is 10.5 Å². The lowest BCUT2D eigenvalue weighted by Crippen LogP contribution is -2.21. The minimum atomic E-state index is -0.356. The van der Waals surface area contributed by atoms with E-state index in [4.69, 9.17) is 14.9 Å². The van der Waals surface area contributed by atoms with Crippen molar-refractivity contribution in [3.05, 3.63) is 64.0 Å². The molecule has 2 aromatic heterocycles. The molecule has 0 spiro atoms. The zero-order chi connectivity index (χ0) is 18.8. The molecule has 1 saturated heterocycles. The number of ether oxygens (including phenoxy) is 1. The van der Waals surface area contributed by atoms with Gasteiger partial charge in [0.1, 0.15) is 17.3 Å². The van der Waals surface area contributed by atoms with Gasteiger partial charge in [-0.2, -0.15) is 0 Å². The van der Waals surface area contributed by atoms with Crippen LogP contribution in [-0.2, 0) is 6.54 Å². The molecule has 3 aromatic rings. The number of methoxy groups -OCH3 is 1. The molecule has 1 fully saturated rings. The summed E-state index contributed by atoms with van der Waals surface area (Å²) in [4.78, 5) is 15.6. The van der Waals surface area contributed by atoms with Crippen LogP contribution in [0.25, 0.3) is 11.3 Å². The van der Waals surface area contributed by atoms with Gasteiger partial charge in [-0.25, -0.2) is 0 Å². The molecule has 6 heteroatoms. The summed E-state index contributed by atoms with van der Waals surface area (Å²) in [5, 5.41) is 0. The van der Waals surface area contributed by atoms with Crippen LogP contribution in [0.15, 0.2) is 52.9 Å². The number of likely N-dealkylation sites (tertiary alicyclic amines) is 1. The Bertz CT molecular complexity index is 929. The maximum atomic E-state index is 11.4. The fourth-order valence-electron chi connectivity index (χ4n) is 3.58. The number of nitrogens with two attached hydrogens (primary N) is 1. The lowest BCUT2D eigenvalue weighted by atomic mass is 10.2. The topological polar surface area (TPSA) is 68.7 Å². The Kier molecular flexibility index (Phi) is 5.01. The van der Waals surface area contributed by atoms with E-state index in [-0.39, 0.29) is 5.91 Å². The largest absolute Gasteiger partial charge is 0.497 e. The summed E-state index contributed by atoms with van der Waals surface area (Å²) in [6.07, 6.45) is 2.23. The minimum Gasteiger partial charge on any atom is -0.497 e. The molecule has 1 aliphatic rings. The molecule has 1 atom stereocenters. The van der Waals surface area contributed by atoms with Gasteiger partial charge in [-0.05, 0) is 67.9 Å². The molecule has 0 unspecified atom stereocenters. The lowest BCUT2D eigenvalue weighted by Gasteiger charge is -2.22. The predicted molar refractivity (Wildman–Crippen MR) is 106 cm³/mol. The summed E-state index contributed by atoms with van der Waals surface area (Å²) in [7, 11) is 1.66. The van der Waals surface area contributed by atoms with E-state index in [2.05, 4.69) is 4.90 Å². The highest BCUT2D eigenvalue weighted by Crippen LogP contribution is 2.37. The Morgan fingerprint density at radius 1 is 1.22 bits per heavy atom. The zero-order valence-electron chi connectivity index (χ0n) is 15.2. The first-order valence-corrected chi connectivity index (χ1v) is 9.82. The van der Waals surface area contributed by atoms with E-state index in [1.807, 2.05) is 48.5 Å². The Morgan fingerprint density at radius 3 is 2.74 bits per heavy atom. The number of benzene rings is 1. The minimum absolute atomic E-state index is 0.317. The highest BCUT2D eigenvalue weighted by atomic mass is 32.1. The quantitative estimate of drug-likeness (QED) is 0.684. The first-order chi connectivity index (χ1) is 13.1. The number of primary amides is 1. The first kappa shape index (κ1) is 17.8. The molecule has 140 valence electrons. The number of thiophene rings is 1. The van der Waals surface area contributed by atoms with Gasteiger partial charge >= 0.3 is 0 Å². The summed E-state index contributed by atoms with van der Waals surface area (Å²) in [6.45, 7) is 1.78. The molecule has 1 aromatic carbocycles. The van der Waals surface area contributed by atoms with Gasteiger partial charge in [0, 0.05) is 16.5 Å². The molecular weight excluding hydrogens is 360 g/mol. The third-order valence-corrected chi connectivity index (χ3v) is 6.16. The van der Waals surface area contributed by atoms with Crippen LogP contribution in [-0.4, -0.2) is 24.5 Å². The summed E-state index contributed by atoms with van der Waals surface area (Å²) in [6, 6.07) is 16.1. The van der Waals surface area contributed by atoms with E-state index >= 15 is 0 Å². The molecule has 3 heterocycles. The average Bonchev–Trinajstić information content (AvgIpc) is 3.42. The molecular formula is C21H22N2O3S. The predicted octanol–water partition coefficient (Wildman–Crippen LogP) is 4.45. The second kappa shape index (κ2) is 7.58. The van der Waals surface area contributed by atoms with Crippen molar-refractivity contribution in [3.8, 4) is 17.1 Å². The third-order valence-electron chi connectivity index (χ3n) is 4.96. The van der Waals surface area contributed by atoms with Crippen molar-refractivity contribution in [2.24, 2.45) is 5.73 Å². The van der Waals surface area contributed by atoms with E-state index < -0.39 is 0 Å². The number of amides is 1. The highest BCUT2D eigenvalue weighted by Gasteiger charge is 2.28. The van der Waals surface area contributed by atoms with Gasteiger partial charge in [0.05, 0.1) is 18.5 Å². The van der Waals surface area contributed by atoms with E-state index in [9.17, 15) is 4.79 Å². The lowest BCUT2D eigenvalue weighted by molar-refractivity contribution is 0.100. The van der Waals surface area contributed by atoms with Gasteiger partial charge in [0.25, 0.3) is 5.91 Å². The van der Waals surface area contributed by atoms with Crippen molar-refractivity contribution in [3.63, 3.8) is 0 Å². The molecule has 0 aliphatic carbocycles. The van der Waals surface area contributed by atoms with Crippen molar-refractivity contribution in [1.29, 1.82) is 0 Å². The van der Waals surface area contributed by atoms with Gasteiger partial charge in [-0.3, -0.25) is 9.69 Å². The Labute approximate surface area is 162 Å². The normalized spacial score (nSPS) is 17.3. The van der Waals surface area contributed by atoms with Crippen LogP contribution in [0, 0.1) is 0 Å². The number of hydrogen-bond acceptors (Lipinski definition) is 5. The molecule has 5 nitrogen and oxygen atoms in total. The second-order valence-electron chi connectivity index (χ2n) is 6.69. The maximum absolute atomic E-state index is 11.4. The van der Waals surface area contributed by atoms with Crippen LogP contribution in [0.3, 0.4) is 0 Å². The molecule has 4 rings (SSSR count). The standard InChI is InChI=1S/C21H22N2O3S/c1-25-15-6-4-14(5-7-15)18-9-8-16(26-18)13-23-12-2-3-17(23)19-10-11-20(27-19)21(22)24/h4-11,17H,2-3,12-13H2,1H3,(H2,22,24)/t17-/m0/s1. The van der Waals surface area contributed by atoms with Crippen molar-refractivity contribution in [1.82, 2.24) is 4.90 Å².